The Balaban J connectivity index is 3.01. The molecule has 0 aromatic heterocycles. The number of rotatable bonds is 6. The molecule has 0 aliphatic heterocycles. The predicted octanol–water partition coefficient (Wildman–Crippen LogP) is 1.69. The molecule has 8 heteroatoms. The van der Waals surface area contributed by atoms with E-state index >= 15 is 0 Å². The minimum atomic E-state index is -3.77. The Morgan fingerprint density at radius 1 is 1.44 bits per heavy atom. The summed E-state index contributed by atoms with van der Waals surface area (Å²) < 4.78 is 27.6. The summed E-state index contributed by atoms with van der Waals surface area (Å²) in [7, 11) is -3.77. The van der Waals surface area contributed by atoms with Crippen molar-refractivity contribution in [3.8, 4) is 0 Å². The largest absolute Gasteiger partial charge is 0.478 e. The maximum absolute atomic E-state index is 11.6. The molecule has 0 fully saturated rings. The lowest BCUT2D eigenvalue weighted by molar-refractivity contribution is 0.0698. The number of hydrogen-bond acceptors (Lipinski definition) is 3. The zero-order valence-electron chi connectivity index (χ0n) is 9.60. The number of halogens is 1. The van der Waals surface area contributed by atoms with Crippen LogP contribution in [0.1, 0.15) is 23.7 Å². The molecule has 0 bridgehead atoms. The maximum atomic E-state index is 11.6. The Kier molecular flexibility index (Phi) is 4.94. The van der Waals surface area contributed by atoms with Gasteiger partial charge in [0, 0.05) is 11.6 Å². The lowest BCUT2D eigenvalue weighted by atomic mass is 10.2. The van der Waals surface area contributed by atoms with E-state index in [1.807, 2.05) is 6.92 Å². The third-order valence-electron chi connectivity index (χ3n) is 2.00. The minimum Gasteiger partial charge on any atom is -0.478 e. The molecule has 0 atom stereocenters. The van der Waals surface area contributed by atoms with Gasteiger partial charge in [-0.3, -0.25) is 4.72 Å². The number of benzene rings is 1. The second kappa shape index (κ2) is 6.03. The Morgan fingerprint density at radius 3 is 2.67 bits per heavy atom. The highest BCUT2D eigenvalue weighted by Gasteiger charge is 2.15. The molecule has 100 valence electrons. The van der Waals surface area contributed by atoms with Gasteiger partial charge in [-0.2, -0.15) is 13.1 Å². The van der Waals surface area contributed by atoms with Crippen molar-refractivity contribution in [2.24, 2.45) is 0 Å². The first kappa shape index (κ1) is 14.7. The van der Waals surface area contributed by atoms with E-state index in [2.05, 4.69) is 9.44 Å². The monoisotopic (exact) mass is 292 g/mol. The molecule has 0 heterocycles. The molecule has 1 rings (SSSR count). The van der Waals surface area contributed by atoms with E-state index in [4.69, 9.17) is 16.7 Å². The molecule has 6 nitrogen and oxygen atoms in total. The normalized spacial score (nSPS) is 11.2. The zero-order chi connectivity index (χ0) is 13.8. The Morgan fingerprint density at radius 2 is 2.11 bits per heavy atom. The van der Waals surface area contributed by atoms with E-state index in [-0.39, 0.29) is 22.8 Å². The van der Waals surface area contributed by atoms with Crippen LogP contribution in [0.15, 0.2) is 18.2 Å². The molecule has 18 heavy (non-hydrogen) atoms. The fourth-order valence-electron chi connectivity index (χ4n) is 1.20. The van der Waals surface area contributed by atoms with Crippen LogP contribution in [0.25, 0.3) is 0 Å². The molecular formula is C10H13ClN2O4S. The molecular weight excluding hydrogens is 280 g/mol. The number of anilines is 1. The van der Waals surface area contributed by atoms with Gasteiger partial charge in [-0.1, -0.05) is 18.5 Å². The first-order chi connectivity index (χ1) is 8.35. The first-order valence-electron chi connectivity index (χ1n) is 5.16. The van der Waals surface area contributed by atoms with E-state index in [0.29, 0.717) is 6.42 Å². The van der Waals surface area contributed by atoms with Gasteiger partial charge >= 0.3 is 5.97 Å². The SMILES string of the molecule is CCCNS(=O)(=O)Nc1ccc(Cl)cc1C(=O)O. The van der Waals surface area contributed by atoms with Crippen LogP contribution in [0.2, 0.25) is 5.02 Å². The first-order valence-corrected chi connectivity index (χ1v) is 7.02. The highest BCUT2D eigenvalue weighted by atomic mass is 35.5. The van der Waals surface area contributed by atoms with Crippen molar-refractivity contribution in [2.45, 2.75) is 13.3 Å². The van der Waals surface area contributed by atoms with Crippen molar-refractivity contribution in [1.82, 2.24) is 4.72 Å². The molecule has 0 saturated carbocycles. The van der Waals surface area contributed by atoms with Crippen LogP contribution in [-0.2, 0) is 10.2 Å². The number of carboxylic acid groups (broad SMARTS) is 1. The van der Waals surface area contributed by atoms with Gasteiger partial charge in [0.1, 0.15) is 0 Å². The zero-order valence-corrected chi connectivity index (χ0v) is 11.2. The van der Waals surface area contributed by atoms with Crippen LogP contribution in [-0.4, -0.2) is 26.0 Å². The fraction of sp³-hybridized carbons (Fsp3) is 0.300. The average molecular weight is 293 g/mol. The molecule has 0 unspecified atom stereocenters. The molecule has 1 aromatic carbocycles. The summed E-state index contributed by atoms with van der Waals surface area (Å²) in [6.45, 7) is 2.08. The Hall–Kier alpha value is -1.31. The molecule has 0 aliphatic rings. The van der Waals surface area contributed by atoms with E-state index in [1.54, 1.807) is 0 Å². The van der Waals surface area contributed by atoms with Crippen molar-refractivity contribution in [2.75, 3.05) is 11.3 Å². The van der Waals surface area contributed by atoms with E-state index < -0.39 is 16.2 Å². The quantitative estimate of drug-likeness (QED) is 0.743. The van der Waals surface area contributed by atoms with E-state index in [9.17, 15) is 13.2 Å². The molecule has 3 N–H and O–H groups in total. The van der Waals surface area contributed by atoms with Crippen LogP contribution < -0.4 is 9.44 Å². The third-order valence-corrected chi connectivity index (χ3v) is 3.31. The topological polar surface area (TPSA) is 95.5 Å². The number of carbonyl (C=O) groups is 1. The van der Waals surface area contributed by atoms with Crippen molar-refractivity contribution in [1.29, 1.82) is 0 Å². The van der Waals surface area contributed by atoms with Gasteiger partial charge < -0.3 is 5.11 Å². The van der Waals surface area contributed by atoms with E-state index in [1.165, 1.54) is 18.2 Å². The number of carboxylic acids is 1. The van der Waals surface area contributed by atoms with Gasteiger partial charge in [0.15, 0.2) is 0 Å². The minimum absolute atomic E-state index is 0.0319. The van der Waals surface area contributed by atoms with Crippen molar-refractivity contribution in [3.05, 3.63) is 28.8 Å². The average Bonchev–Trinajstić information content (AvgIpc) is 2.28. The lowest BCUT2D eigenvalue weighted by Crippen LogP contribution is -2.31. The van der Waals surface area contributed by atoms with Gasteiger partial charge in [0.2, 0.25) is 0 Å². The van der Waals surface area contributed by atoms with E-state index in [0.717, 1.165) is 0 Å². The highest BCUT2D eigenvalue weighted by Crippen LogP contribution is 2.21. The summed E-state index contributed by atoms with van der Waals surface area (Å²) in [4.78, 5) is 11.0. The van der Waals surface area contributed by atoms with Crippen molar-refractivity contribution >= 4 is 33.5 Å². The summed E-state index contributed by atoms with van der Waals surface area (Å²) in [5, 5.41) is 9.17. The van der Waals surface area contributed by atoms with Gasteiger partial charge in [-0.25, -0.2) is 4.79 Å². The fourth-order valence-corrected chi connectivity index (χ4v) is 2.38. The summed E-state index contributed by atoms with van der Waals surface area (Å²) in [5.41, 5.74) is -0.236. The summed E-state index contributed by atoms with van der Waals surface area (Å²) in [6, 6.07) is 3.89. The van der Waals surface area contributed by atoms with Crippen LogP contribution >= 0.6 is 11.6 Å². The van der Waals surface area contributed by atoms with Crippen molar-refractivity contribution in [3.63, 3.8) is 0 Å². The van der Waals surface area contributed by atoms with Crippen LogP contribution in [0.5, 0.6) is 0 Å². The molecule has 0 saturated heterocycles. The van der Waals surface area contributed by atoms with Gasteiger partial charge in [-0.05, 0) is 24.6 Å². The molecule has 0 radical (unpaired) electrons. The van der Waals surface area contributed by atoms with Crippen LogP contribution in [0.3, 0.4) is 0 Å². The molecule has 1 aromatic rings. The van der Waals surface area contributed by atoms with Gasteiger partial charge in [0.25, 0.3) is 10.2 Å². The summed E-state index contributed by atoms with van der Waals surface area (Å²) in [5.74, 6) is -1.26. The molecule has 0 amide bonds. The van der Waals surface area contributed by atoms with Crippen LogP contribution in [0.4, 0.5) is 5.69 Å². The highest BCUT2D eigenvalue weighted by molar-refractivity contribution is 7.90. The Bertz CT molecular complexity index is 545. The number of hydrogen-bond donors (Lipinski definition) is 3. The summed E-state index contributed by atoms with van der Waals surface area (Å²) >= 11 is 5.66. The second-order valence-electron chi connectivity index (χ2n) is 3.49. The maximum Gasteiger partial charge on any atom is 0.337 e. The van der Waals surface area contributed by atoms with Crippen molar-refractivity contribution < 1.29 is 18.3 Å². The predicted molar refractivity (Wildman–Crippen MR) is 69.2 cm³/mol. The lowest BCUT2D eigenvalue weighted by Gasteiger charge is -2.11. The van der Waals surface area contributed by atoms with Crippen LogP contribution in [0, 0.1) is 0 Å². The smallest absolute Gasteiger partial charge is 0.337 e. The van der Waals surface area contributed by atoms with Gasteiger partial charge in [-0.15, -0.1) is 0 Å². The Labute approximate surface area is 110 Å². The third kappa shape index (κ3) is 4.17. The summed E-state index contributed by atoms with van der Waals surface area (Å²) in [6.07, 6.45) is 0.632. The second-order valence-corrected chi connectivity index (χ2v) is 5.43. The standard InChI is InChI=1S/C10H13ClN2O4S/c1-2-5-12-18(16,17)13-9-4-3-7(11)6-8(9)10(14)15/h3-4,6,12-13H,2,5H2,1H3,(H,14,15). The molecule has 0 spiro atoms. The molecule has 0 aliphatic carbocycles. The van der Waals surface area contributed by atoms with Gasteiger partial charge in [0.05, 0.1) is 11.3 Å². The number of aromatic carboxylic acids is 1. The number of nitrogens with one attached hydrogen (secondary N) is 2.